The molecule has 0 saturated heterocycles. The second-order valence-corrected chi connectivity index (χ2v) is 7.27. The average molecular weight is 424 g/mol. The van der Waals surface area contributed by atoms with Crippen LogP contribution in [0.3, 0.4) is 0 Å². The number of benzene rings is 3. The molecule has 8 heteroatoms. The number of nitrogens with one attached hydrogen (secondary N) is 2. The van der Waals surface area contributed by atoms with Crippen molar-refractivity contribution < 1.29 is 9.53 Å². The lowest BCUT2D eigenvalue weighted by Gasteiger charge is -2.12. The lowest BCUT2D eigenvalue weighted by atomic mass is 10.1. The molecule has 8 nitrogen and oxygen atoms in total. The van der Waals surface area contributed by atoms with Crippen LogP contribution in [0.4, 0.5) is 17.2 Å². The van der Waals surface area contributed by atoms with Crippen LogP contribution < -0.4 is 15.4 Å². The number of ether oxygens (including phenoxy) is 1. The number of fused-ring (bicyclic) bond motifs is 3. The Morgan fingerprint density at radius 3 is 2.41 bits per heavy atom. The summed E-state index contributed by atoms with van der Waals surface area (Å²) in [6.07, 6.45) is 0. The van der Waals surface area contributed by atoms with E-state index >= 15 is 0 Å². The quantitative estimate of drug-likeness (QED) is 0.426. The number of aromatic nitrogens is 4. The third-order valence-corrected chi connectivity index (χ3v) is 5.06. The highest BCUT2D eigenvalue weighted by Gasteiger charge is 2.16. The molecule has 2 heterocycles. The van der Waals surface area contributed by atoms with Crippen molar-refractivity contribution in [3.8, 4) is 17.1 Å². The average Bonchev–Trinajstić information content (AvgIpc) is 3.23. The van der Waals surface area contributed by atoms with Crippen LogP contribution in [0.5, 0.6) is 5.75 Å². The number of rotatable bonds is 5. The fourth-order valence-corrected chi connectivity index (χ4v) is 3.61. The van der Waals surface area contributed by atoms with Gasteiger partial charge in [0, 0.05) is 34.6 Å². The fraction of sp³-hybridized carbons (Fsp3) is 0.0833. The zero-order valence-electron chi connectivity index (χ0n) is 17.5. The lowest BCUT2D eigenvalue weighted by molar-refractivity contribution is -0.114. The first-order valence-electron chi connectivity index (χ1n) is 10.1. The van der Waals surface area contributed by atoms with Crippen LogP contribution in [0.15, 0.2) is 72.8 Å². The van der Waals surface area contributed by atoms with Crippen LogP contribution in [0.1, 0.15) is 6.92 Å². The van der Waals surface area contributed by atoms with Crippen LogP contribution in [-0.4, -0.2) is 32.8 Å². The van der Waals surface area contributed by atoms with Crippen molar-refractivity contribution in [3.05, 3.63) is 72.8 Å². The molecule has 2 aromatic heterocycles. The van der Waals surface area contributed by atoms with Gasteiger partial charge in [-0.2, -0.15) is 4.52 Å². The first-order chi connectivity index (χ1) is 15.6. The maximum atomic E-state index is 11.4. The van der Waals surface area contributed by atoms with Gasteiger partial charge in [0.2, 0.25) is 5.91 Å². The summed E-state index contributed by atoms with van der Waals surface area (Å²) in [7, 11) is 1.63. The first kappa shape index (κ1) is 19.5. The van der Waals surface area contributed by atoms with E-state index in [9.17, 15) is 4.79 Å². The molecule has 0 radical (unpaired) electrons. The minimum Gasteiger partial charge on any atom is -0.497 e. The van der Waals surface area contributed by atoms with E-state index in [-0.39, 0.29) is 5.91 Å². The zero-order chi connectivity index (χ0) is 22.1. The van der Waals surface area contributed by atoms with Crippen molar-refractivity contribution in [2.24, 2.45) is 0 Å². The van der Waals surface area contributed by atoms with Crippen LogP contribution in [-0.2, 0) is 4.79 Å². The maximum Gasteiger partial charge on any atom is 0.221 e. The Morgan fingerprint density at radius 1 is 0.906 bits per heavy atom. The Kier molecular flexibility index (Phi) is 4.87. The second kappa shape index (κ2) is 7.99. The first-order valence-corrected chi connectivity index (χ1v) is 10.1. The summed E-state index contributed by atoms with van der Waals surface area (Å²) in [4.78, 5) is 11.4. The van der Waals surface area contributed by atoms with E-state index < -0.39 is 0 Å². The smallest absolute Gasteiger partial charge is 0.221 e. The minimum absolute atomic E-state index is 0.124. The van der Waals surface area contributed by atoms with Gasteiger partial charge in [-0.15, -0.1) is 15.3 Å². The highest BCUT2D eigenvalue weighted by molar-refractivity contribution is 6.01. The molecular formula is C24H20N6O2. The number of carbonyl (C=O) groups excluding carboxylic acids is 1. The predicted octanol–water partition coefficient (Wildman–Crippen LogP) is 4.66. The molecule has 32 heavy (non-hydrogen) atoms. The lowest BCUT2D eigenvalue weighted by Crippen LogP contribution is -2.06. The Hall–Kier alpha value is -4.46. The molecule has 0 spiro atoms. The van der Waals surface area contributed by atoms with Crippen LogP contribution in [0.25, 0.3) is 27.8 Å². The summed E-state index contributed by atoms with van der Waals surface area (Å²) in [5.74, 6) is 1.93. The number of anilines is 3. The van der Waals surface area contributed by atoms with Crippen molar-refractivity contribution in [1.29, 1.82) is 0 Å². The highest BCUT2D eigenvalue weighted by atomic mass is 16.5. The van der Waals surface area contributed by atoms with Gasteiger partial charge in [-0.05, 0) is 42.5 Å². The predicted molar refractivity (Wildman–Crippen MR) is 124 cm³/mol. The van der Waals surface area contributed by atoms with E-state index in [1.54, 1.807) is 11.6 Å². The SMILES string of the molecule is COc1ccc(-c2nnc3c4ccccc4c(Nc4cccc(NC(C)=O)c4)nn23)cc1. The Morgan fingerprint density at radius 2 is 1.66 bits per heavy atom. The summed E-state index contributed by atoms with van der Waals surface area (Å²) in [6.45, 7) is 1.48. The van der Waals surface area contributed by atoms with E-state index in [1.165, 1.54) is 6.92 Å². The van der Waals surface area contributed by atoms with E-state index in [2.05, 4.69) is 20.8 Å². The number of amides is 1. The second-order valence-electron chi connectivity index (χ2n) is 7.27. The summed E-state index contributed by atoms with van der Waals surface area (Å²) < 4.78 is 7.00. The van der Waals surface area contributed by atoms with Crippen LogP contribution in [0.2, 0.25) is 0 Å². The summed E-state index contributed by atoms with van der Waals surface area (Å²) in [5, 5.41) is 21.7. The number of carbonyl (C=O) groups is 1. The van der Waals surface area contributed by atoms with Crippen molar-refractivity contribution in [1.82, 2.24) is 19.8 Å². The third kappa shape index (κ3) is 3.58. The molecule has 2 N–H and O–H groups in total. The summed E-state index contributed by atoms with van der Waals surface area (Å²) in [5.41, 5.74) is 3.05. The topological polar surface area (TPSA) is 93.4 Å². The van der Waals surface area contributed by atoms with E-state index in [1.807, 2.05) is 72.8 Å². The molecule has 0 aliphatic carbocycles. The Bertz CT molecular complexity index is 1440. The number of hydrogen-bond acceptors (Lipinski definition) is 6. The Balaban J connectivity index is 1.64. The molecule has 0 aliphatic rings. The molecular weight excluding hydrogens is 404 g/mol. The van der Waals surface area contributed by atoms with Gasteiger partial charge in [0.25, 0.3) is 0 Å². The minimum atomic E-state index is -0.124. The molecule has 5 aromatic rings. The fourth-order valence-electron chi connectivity index (χ4n) is 3.61. The molecule has 0 aliphatic heterocycles. The molecule has 3 aromatic carbocycles. The highest BCUT2D eigenvalue weighted by Crippen LogP contribution is 2.30. The van der Waals surface area contributed by atoms with E-state index in [0.29, 0.717) is 23.0 Å². The normalized spacial score (nSPS) is 10.9. The standard InChI is InChI=1S/C24H20N6O2/c1-15(31)25-17-6-5-7-18(14-17)26-22-20-8-3-4-9-21(20)24-28-27-23(30(24)29-22)16-10-12-19(32-2)13-11-16/h3-14H,1-2H3,(H,25,31)(H,26,29). The molecule has 0 bridgehead atoms. The van der Waals surface area contributed by atoms with Crippen molar-refractivity contribution in [3.63, 3.8) is 0 Å². The molecule has 158 valence electrons. The Labute approximate surface area is 183 Å². The van der Waals surface area contributed by atoms with Crippen molar-refractivity contribution >= 4 is 39.5 Å². The molecule has 1 amide bonds. The van der Waals surface area contributed by atoms with Gasteiger partial charge < -0.3 is 15.4 Å². The van der Waals surface area contributed by atoms with Gasteiger partial charge >= 0.3 is 0 Å². The van der Waals surface area contributed by atoms with Gasteiger partial charge in [0.1, 0.15) is 5.75 Å². The monoisotopic (exact) mass is 424 g/mol. The maximum absolute atomic E-state index is 11.4. The molecule has 0 fully saturated rings. The van der Waals surface area contributed by atoms with Crippen LogP contribution in [0, 0.1) is 0 Å². The molecule has 0 atom stereocenters. The summed E-state index contributed by atoms with van der Waals surface area (Å²) >= 11 is 0. The van der Waals surface area contributed by atoms with Crippen molar-refractivity contribution in [2.45, 2.75) is 6.92 Å². The zero-order valence-corrected chi connectivity index (χ0v) is 17.5. The van der Waals surface area contributed by atoms with Crippen LogP contribution >= 0.6 is 0 Å². The van der Waals surface area contributed by atoms with E-state index in [4.69, 9.17) is 9.84 Å². The van der Waals surface area contributed by atoms with Gasteiger partial charge in [-0.25, -0.2) is 0 Å². The largest absolute Gasteiger partial charge is 0.497 e. The molecule has 0 unspecified atom stereocenters. The third-order valence-electron chi connectivity index (χ3n) is 5.06. The summed E-state index contributed by atoms with van der Waals surface area (Å²) in [6, 6.07) is 23.0. The van der Waals surface area contributed by atoms with Gasteiger partial charge in [-0.1, -0.05) is 30.3 Å². The number of hydrogen-bond donors (Lipinski definition) is 2. The van der Waals surface area contributed by atoms with Crippen molar-refractivity contribution in [2.75, 3.05) is 17.7 Å². The van der Waals surface area contributed by atoms with Gasteiger partial charge in [-0.3, -0.25) is 4.79 Å². The number of methoxy groups -OCH3 is 1. The number of nitrogens with zero attached hydrogens (tertiary/aromatic N) is 4. The molecule has 5 rings (SSSR count). The van der Waals surface area contributed by atoms with Gasteiger partial charge in [0.15, 0.2) is 17.3 Å². The van der Waals surface area contributed by atoms with Gasteiger partial charge in [0.05, 0.1) is 7.11 Å². The van der Waals surface area contributed by atoms with E-state index in [0.717, 1.165) is 27.8 Å². The molecule has 0 saturated carbocycles.